The minimum atomic E-state index is -0.212. The Morgan fingerprint density at radius 2 is 1.81 bits per heavy atom. The van der Waals surface area contributed by atoms with Gasteiger partial charge in [0.15, 0.2) is 0 Å². The third-order valence-electron chi connectivity index (χ3n) is 4.88. The highest BCUT2D eigenvalue weighted by atomic mass is 35.5. The maximum Gasteiger partial charge on any atom is 0.317 e. The molecule has 0 bridgehead atoms. The normalized spacial score (nSPS) is 17.0. The number of anilines is 1. The summed E-state index contributed by atoms with van der Waals surface area (Å²) in [5, 5.41) is 3.07. The molecule has 1 heterocycles. The van der Waals surface area contributed by atoms with Gasteiger partial charge in [0.1, 0.15) is 5.82 Å². The van der Waals surface area contributed by atoms with E-state index in [1.165, 1.54) is 12.1 Å². The Balaban J connectivity index is 0.00000338. The number of carbonyl (C=O) groups excluding carboxylic acids is 1. The van der Waals surface area contributed by atoms with Crippen LogP contribution in [0.15, 0.2) is 24.3 Å². The van der Waals surface area contributed by atoms with E-state index in [1.807, 2.05) is 17.0 Å². The molecule has 0 aliphatic carbocycles. The number of benzene rings is 1. The molecule has 1 aromatic carbocycles. The monoisotopic (exact) mass is 385 g/mol. The van der Waals surface area contributed by atoms with Gasteiger partial charge >= 0.3 is 6.03 Å². The Labute approximate surface area is 163 Å². The number of hydrogen-bond donors (Lipinski definition) is 1. The lowest BCUT2D eigenvalue weighted by atomic mass is 10.0. The van der Waals surface area contributed by atoms with Gasteiger partial charge in [0.05, 0.1) is 6.04 Å². The van der Waals surface area contributed by atoms with Crippen molar-refractivity contribution in [2.24, 2.45) is 0 Å². The van der Waals surface area contributed by atoms with Crippen molar-refractivity contribution in [2.75, 3.05) is 31.1 Å². The van der Waals surface area contributed by atoms with E-state index >= 15 is 0 Å². The molecule has 1 N–H and O–H groups in total. The van der Waals surface area contributed by atoms with Gasteiger partial charge in [-0.2, -0.15) is 0 Å². The zero-order valence-corrected chi connectivity index (χ0v) is 16.9. The smallest absolute Gasteiger partial charge is 0.317 e. The van der Waals surface area contributed by atoms with Gasteiger partial charge in [-0.05, 0) is 37.1 Å². The molecule has 2 amide bonds. The fourth-order valence-corrected chi connectivity index (χ4v) is 3.37. The summed E-state index contributed by atoms with van der Waals surface area (Å²) >= 11 is 0. The standard InChI is InChI=1S/C20H32FN3O.ClH/c1-3-5-7-13-22-20(25)24-15-14-23(16-19(24)8-6-4-2)18-11-9-17(21)10-12-18;/h9-12,19H,3-8,13-16H2,1-2H3,(H,22,25);1H. The summed E-state index contributed by atoms with van der Waals surface area (Å²) in [6.07, 6.45) is 6.59. The summed E-state index contributed by atoms with van der Waals surface area (Å²) in [5.41, 5.74) is 1.03. The average Bonchev–Trinajstić information content (AvgIpc) is 2.64. The Morgan fingerprint density at radius 1 is 1.12 bits per heavy atom. The van der Waals surface area contributed by atoms with E-state index in [-0.39, 0.29) is 30.3 Å². The molecule has 26 heavy (non-hydrogen) atoms. The lowest BCUT2D eigenvalue weighted by Crippen LogP contribution is -2.57. The van der Waals surface area contributed by atoms with Crippen LogP contribution in [0.1, 0.15) is 52.4 Å². The number of piperazine rings is 1. The molecular formula is C20H33ClFN3O. The minimum Gasteiger partial charge on any atom is -0.368 e. The first-order chi connectivity index (χ1) is 12.2. The number of nitrogens with one attached hydrogen (secondary N) is 1. The average molecular weight is 386 g/mol. The third kappa shape index (κ3) is 6.67. The van der Waals surface area contributed by atoms with Crippen LogP contribution in [0.25, 0.3) is 0 Å². The van der Waals surface area contributed by atoms with Crippen molar-refractivity contribution < 1.29 is 9.18 Å². The van der Waals surface area contributed by atoms with Crippen LogP contribution < -0.4 is 10.2 Å². The predicted octanol–water partition coefficient (Wildman–Crippen LogP) is 4.83. The van der Waals surface area contributed by atoms with Crippen LogP contribution in [0.4, 0.5) is 14.9 Å². The fourth-order valence-electron chi connectivity index (χ4n) is 3.37. The molecule has 0 aromatic heterocycles. The highest BCUT2D eigenvalue weighted by Gasteiger charge is 2.30. The molecule has 1 unspecified atom stereocenters. The van der Waals surface area contributed by atoms with Gasteiger partial charge in [0.25, 0.3) is 0 Å². The molecule has 6 heteroatoms. The second-order valence-electron chi connectivity index (χ2n) is 6.85. The van der Waals surface area contributed by atoms with Crippen LogP contribution in [-0.2, 0) is 0 Å². The van der Waals surface area contributed by atoms with Gasteiger partial charge in [-0.25, -0.2) is 9.18 Å². The van der Waals surface area contributed by atoms with E-state index in [2.05, 4.69) is 24.1 Å². The molecule has 1 aliphatic heterocycles. The van der Waals surface area contributed by atoms with Gasteiger partial charge in [0, 0.05) is 31.9 Å². The molecule has 2 rings (SSSR count). The number of nitrogens with zero attached hydrogens (tertiary/aromatic N) is 2. The topological polar surface area (TPSA) is 35.6 Å². The number of hydrogen-bond acceptors (Lipinski definition) is 2. The van der Waals surface area contributed by atoms with Crippen molar-refractivity contribution in [3.63, 3.8) is 0 Å². The van der Waals surface area contributed by atoms with Gasteiger partial charge in [-0.3, -0.25) is 0 Å². The van der Waals surface area contributed by atoms with Gasteiger partial charge in [-0.1, -0.05) is 39.5 Å². The van der Waals surface area contributed by atoms with Crippen LogP contribution in [-0.4, -0.2) is 43.2 Å². The second kappa shape index (κ2) is 12.0. The van der Waals surface area contributed by atoms with E-state index in [9.17, 15) is 9.18 Å². The number of carbonyl (C=O) groups is 1. The second-order valence-corrected chi connectivity index (χ2v) is 6.85. The molecule has 148 valence electrons. The predicted molar refractivity (Wildman–Crippen MR) is 109 cm³/mol. The van der Waals surface area contributed by atoms with Crippen LogP contribution in [0, 0.1) is 5.82 Å². The zero-order chi connectivity index (χ0) is 18.1. The van der Waals surface area contributed by atoms with E-state index in [1.54, 1.807) is 0 Å². The third-order valence-corrected chi connectivity index (χ3v) is 4.88. The summed E-state index contributed by atoms with van der Waals surface area (Å²) in [4.78, 5) is 16.8. The van der Waals surface area contributed by atoms with Gasteiger partial charge in [0.2, 0.25) is 0 Å². The molecular weight excluding hydrogens is 353 g/mol. The lowest BCUT2D eigenvalue weighted by molar-refractivity contribution is 0.160. The van der Waals surface area contributed by atoms with Crippen molar-refractivity contribution in [1.82, 2.24) is 10.2 Å². The fraction of sp³-hybridized carbons (Fsp3) is 0.650. The van der Waals surface area contributed by atoms with E-state index in [0.717, 1.165) is 63.8 Å². The summed E-state index contributed by atoms with van der Waals surface area (Å²) in [6, 6.07) is 6.94. The molecule has 0 saturated carbocycles. The van der Waals surface area contributed by atoms with E-state index in [4.69, 9.17) is 0 Å². The highest BCUT2D eigenvalue weighted by Crippen LogP contribution is 2.22. The Hall–Kier alpha value is -1.49. The Morgan fingerprint density at radius 3 is 2.46 bits per heavy atom. The lowest BCUT2D eigenvalue weighted by Gasteiger charge is -2.42. The van der Waals surface area contributed by atoms with Crippen LogP contribution in [0.2, 0.25) is 0 Å². The summed E-state index contributed by atoms with van der Waals surface area (Å²) < 4.78 is 13.2. The van der Waals surface area contributed by atoms with Crippen molar-refractivity contribution in [1.29, 1.82) is 0 Å². The largest absolute Gasteiger partial charge is 0.368 e. The van der Waals surface area contributed by atoms with Crippen LogP contribution in [0.5, 0.6) is 0 Å². The van der Waals surface area contributed by atoms with Crippen LogP contribution >= 0.6 is 12.4 Å². The minimum absolute atomic E-state index is 0. The molecule has 0 spiro atoms. The Bertz CT molecular complexity index is 526. The van der Waals surface area contributed by atoms with Crippen molar-refractivity contribution in [2.45, 2.75) is 58.4 Å². The quantitative estimate of drug-likeness (QED) is 0.650. The first kappa shape index (κ1) is 22.6. The number of rotatable bonds is 8. The summed E-state index contributed by atoms with van der Waals surface area (Å²) in [6.45, 7) is 7.41. The van der Waals surface area contributed by atoms with Crippen molar-refractivity contribution >= 4 is 24.1 Å². The van der Waals surface area contributed by atoms with Crippen molar-refractivity contribution in [3.8, 4) is 0 Å². The zero-order valence-electron chi connectivity index (χ0n) is 16.0. The highest BCUT2D eigenvalue weighted by molar-refractivity contribution is 5.85. The molecule has 4 nitrogen and oxygen atoms in total. The molecule has 1 aliphatic rings. The molecule has 1 fully saturated rings. The van der Waals surface area contributed by atoms with Crippen molar-refractivity contribution in [3.05, 3.63) is 30.1 Å². The number of urea groups is 1. The maximum absolute atomic E-state index is 13.2. The van der Waals surface area contributed by atoms with Gasteiger partial charge in [-0.15, -0.1) is 12.4 Å². The number of halogens is 2. The maximum atomic E-state index is 13.2. The Kier molecular flexibility index (Phi) is 10.4. The van der Waals surface area contributed by atoms with Crippen LogP contribution in [0.3, 0.4) is 0 Å². The molecule has 1 aromatic rings. The van der Waals surface area contributed by atoms with Gasteiger partial charge < -0.3 is 15.1 Å². The molecule has 1 atom stereocenters. The van der Waals surface area contributed by atoms with E-state index in [0.29, 0.717) is 6.54 Å². The summed E-state index contributed by atoms with van der Waals surface area (Å²) in [7, 11) is 0. The van der Waals surface area contributed by atoms with E-state index < -0.39 is 0 Å². The number of unbranched alkanes of at least 4 members (excludes halogenated alkanes) is 3. The molecule has 1 saturated heterocycles. The number of amides is 2. The molecule has 0 radical (unpaired) electrons. The first-order valence-electron chi connectivity index (χ1n) is 9.70. The first-order valence-corrected chi connectivity index (χ1v) is 9.70. The summed E-state index contributed by atoms with van der Waals surface area (Å²) in [5.74, 6) is -0.212. The SMILES string of the molecule is CCCCCNC(=O)N1CCN(c2ccc(F)cc2)CC1CCCC.Cl.